The number of benzene rings is 1. The van der Waals surface area contributed by atoms with Crippen molar-refractivity contribution in [2.24, 2.45) is 5.92 Å². The van der Waals surface area contributed by atoms with E-state index in [-0.39, 0.29) is 5.78 Å². The van der Waals surface area contributed by atoms with E-state index in [4.69, 9.17) is 0 Å². The predicted octanol–water partition coefficient (Wildman–Crippen LogP) is 4.00. The number of ketones is 1. The fourth-order valence-electron chi connectivity index (χ4n) is 2.02. The molecule has 18 heavy (non-hydrogen) atoms. The van der Waals surface area contributed by atoms with Crippen LogP contribution in [0.25, 0.3) is 0 Å². The van der Waals surface area contributed by atoms with Gasteiger partial charge in [-0.1, -0.05) is 48.0 Å². The molecule has 0 spiro atoms. The quantitative estimate of drug-likeness (QED) is 0.740. The molecule has 0 aliphatic heterocycles. The summed E-state index contributed by atoms with van der Waals surface area (Å²) in [7, 11) is 2.02. The van der Waals surface area contributed by atoms with Gasteiger partial charge in [-0.3, -0.25) is 9.69 Å². The van der Waals surface area contributed by atoms with E-state index in [1.165, 1.54) is 0 Å². The molecule has 0 fully saturated rings. The van der Waals surface area contributed by atoms with E-state index < -0.39 is 0 Å². The van der Waals surface area contributed by atoms with E-state index in [0.29, 0.717) is 18.5 Å². The Labute approximate surface area is 119 Å². The van der Waals surface area contributed by atoms with E-state index in [1.807, 2.05) is 31.3 Å². The van der Waals surface area contributed by atoms with Crippen LogP contribution in [-0.4, -0.2) is 30.3 Å². The molecule has 0 amide bonds. The lowest BCUT2D eigenvalue weighted by atomic mass is 10.0. The minimum atomic E-state index is 0.167. The first kappa shape index (κ1) is 15.4. The van der Waals surface area contributed by atoms with Gasteiger partial charge < -0.3 is 0 Å². The van der Waals surface area contributed by atoms with Crippen LogP contribution in [0.2, 0.25) is 0 Å². The second kappa shape index (κ2) is 7.05. The van der Waals surface area contributed by atoms with Crippen molar-refractivity contribution in [1.29, 1.82) is 0 Å². The lowest BCUT2D eigenvalue weighted by Crippen LogP contribution is -2.34. The Balaban J connectivity index is 2.62. The molecule has 1 aromatic rings. The first-order chi connectivity index (χ1) is 8.41. The standard InChI is InChI=1S/C15H22BrNO/c1-11(2)9-12(3)17(4)10-15(18)13-7-5-6-8-14(13)16/h5-8,11-12H,9-10H2,1-4H3. The number of nitrogens with zero attached hydrogens (tertiary/aromatic N) is 1. The number of hydrogen-bond acceptors (Lipinski definition) is 2. The summed E-state index contributed by atoms with van der Waals surface area (Å²) in [6, 6.07) is 8.02. The molecule has 2 nitrogen and oxygen atoms in total. The molecule has 1 unspecified atom stereocenters. The molecule has 0 bridgehead atoms. The predicted molar refractivity (Wildman–Crippen MR) is 80.0 cm³/mol. The Morgan fingerprint density at radius 1 is 1.28 bits per heavy atom. The minimum Gasteiger partial charge on any atom is -0.296 e. The normalized spacial score (nSPS) is 13.1. The van der Waals surface area contributed by atoms with Crippen LogP contribution in [0.5, 0.6) is 0 Å². The zero-order chi connectivity index (χ0) is 13.7. The highest BCUT2D eigenvalue weighted by molar-refractivity contribution is 9.10. The van der Waals surface area contributed by atoms with Crippen molar-refractivity contribution in [3.8, 4) is 0 Å². The van der Waals surface area contributed by atoms with Gasteiger partial charge in [0.25, 0.3) is 0 Å². The zero-order valence-corrected chi connectivity index (χ0v) is 13.2. The molecule has 3 heteroatoms. The number of carbonyl (C=O) groups excluding carboxylic acids is 1. The van der Waals surface area contributed by atoms with Gasteiger partial charge in [0.05, 0.1) is 6.54 Å². The Kier molecular flexibility index (Phi) is 6.03. The second-order valence-corrected chi connectivity index (χ2v) is 6.15. The summed E-state index contributed by atoms with van der Waals surface area (Å²) in [6.07, 6.45) is 1.11. The molecular formula is C15H22BrNO. The molecule has 0 aliphatic rings. The van der Waals surface area contributed by atoms with Crippen molar-refractivity contribution in [1.82, 2.24) is 4.90 Å². The smallest absolute Gasteiger partial charge is 0.177 e. The maximum Gasteiger partial charge on any atom is 0.177 e. The average Bonchev–Trinajstić information content (AvgIpc) is 2.28. The Morgan fingerprint density at radius 2 is 1.89 bits per heavy atom. The van der Waals surface area contributed by atoms with Gasteiger partial charge in [-0.2, -0.15) is 0 Å². The van der Waals surface area contributed by atoms with Crippen molar-refractivity contribution in [3.63, 3.8) is 0 Å². The Morgan fingerprint density at radius 3 is 2.44 bits per heavy atom. The van der Waals surface area contributed by atoms with E-state index >= 15 is 0 Å². The number of Topliss-reactive ketones (excluding diaryl/α,β-unsaturated/α-hetero) is 1. The van der Waals surface area contributed by atoms with Crippen LogP contribution in [-0.2, 0) is 0 Å². The third kappa shape index (κ3) is 4.54. The van der Waals surface area contributed by atoms with Crippen LogP contribution in [0.4, 0.5) is 0 Å². The van der Waals surface area contributed by atoms with Gasteiger partial charge in [-0.15, -0.1) is 0 Å². The summed E-state index contributed by atoms with van der Waals surface area (Å²) in [6.45, 7) is 7.06. The number of halogens is 1. The van der Waals surface area contributed by atoms with E-state index in [1.54, 1.807) is 0 Å². The molecule has 1 rings (SSSR count). The number of hydrogen-bond donors (Lipinski definition) is 0. The van der Waals surface area contributed by atoms with Gasteiger partial charge in [-0.05, 0) is 32.4 Å². The molecule has 100 valence electrons. The fraction of sp³-hybridized carbons (Fsp3) is 0.533. The molecule has 1 aromatic carbocycles. The summed E-state index contributed by atoms with van der Waals surface area (Å²) < 4.78 is 0.875. The minimum absolute atomic E-state index is 0.167. The first-order valence-corrected chi connectivity index (χ1v) is 7.19. The van der Waals surface area contributed by atoms with Crippen LogP contribution < -0.4 is 0 Å². The van der Waals surface area contributed by atoms with Crippen LogP contribution in [0.1, 0.15) is 37.6 Å². The van der Waals surface area contributed by atoms with Gasteiger partial charge in [0, 0.05) is 16.1 Å². The summed E-state index contributed by atoms with van der Waals surface area (Å²) >= 11 is 3.42. The molecular weight excluding hydrogens is 290 g/mol. The van der Waals surface area contributed by atoms with E-state index in [2.05, 4.69) is 41.6 Å². The summed E-state index contributed by atoms with van der Waals surface area (Å²) in [5.74, 6) is 0.821. The van der Waals surface area contributed by atoms with Crippen LogP contribution in [0.15, 0.2) is 28.7 Å². The maximum atomic E-state index is 12.2. The highest BCUT2D eigenvalue weighted by Gasteiger charge is 2.16. The molecule has 0 radical (unpaired) electrons. The molecule has 0 aromatic heterocycles. The highest BCUT2D eigenvalue weighted by Crippen LogP contribution is 2.17. The third-order valence-electron chi connectivity index (χ3n) is 3.13. The highest BCUT2D eigenvalue weighted by atomic mass is 79.9. The van der Waals surface area contributed by atoms with Crippen molar-refractivity contribution >= 4 is 21.7 Å². The lowest BCUT2D eigenvalue weighted by molar-refractivity contribution is 0.0916. The monoisotopic (exact) mass is 311 g/mol. The van der Waals surface area contributed by atoms with Gasteiger partial charge in [0.15, 0.2) is 5.78 Å². The average molecular weight is 312 g/mol. The summed E-state index contributed by atoms with van der Waals surface area (Å²) in [5.41, 5.74) is 0.765. The molecule has 0 saturated heterocycles. The molecule has 0 N–H and O–H groups in total. The summed E-state index contributed by atoms with van der Waals surface area (Å²) in [5, 5.41) is 0. The lowest BCUT2D eigenvalue weighted by Gasteiger charge is -2.25. The van der Waals surface area contributed by atoms with Crippen molar-refractivity contribution in [2.45, 2.75) is 33.2 Å². The molecule has 0 aliphatic carbocycles. The fourth-order valence-corrected chi connectivity index (χ4v) is 2.52. The SMILES string of the molecule is CC(C)CC(C)N(C)CC(=O)c1ccccc1Br. The van der Waals surface area contributed by atoms with Crippen LogP contribution >= 0.6 is 15.9 Å². The van der Waals surface area contributed by atoms with Crippen LogP contribution in [0, 0.1) is 5.92 Å². The van der Waals surface area contributed by atoms with Gasteiger partial charge in [0.2, 0.25) is 0 Å². The number of carbonyl (C=O) groups is 1. The largest absolute Gasteiger partial charge is 0.296 e. The van der Waals surface area contributed by atoms with E-state index in [0.717, 1.165) is 16.5 Å². The maximum absolute atomic E-state index is 12.2. The van der Waals surface area contributed by atoms with Gasteiger partial charge in [0.1, 0.15) is 0 Å². The van der Waals surface area contributed by atoms with Crippen molar-refractivity contribution in [2.75, 3.05) is 13.6 Å². The van der Waals surface area contributed by atoms with Crippen molar-refractivity contribution < 1.29 is 4.79 Å². The Hall–Kier alpha value is -0.670. The van der Waals surface area contributed by atoms with Crippen LogP contribution in [0.3, 0.4) is 0 Å². The summed E-state index contributed by atoms with van der Waals surface area (Å²) in [4.78, 5) is 14.3. The number of rotatable bonds is 6. The van der Waals surface area contributed by atoms with Gasteiger partial charge >= 0.3 is 0 Å². The van der Waals surface area contributed by atoms with Gasteiger partial charge in [-0.25, -0.2) is 0 Å². The molecule has 0 heterocycles. The zero-order valence-electron chi connectivity index (χ0n) is 11.6. The third-order valence-corrected chi connectivity index (χ3v) is 3.82. The Bertz CT molecular complexity index is 403. The molecule has 0 saturated carbocycles. The first-order valence-electron chi connectivity index (χ1n) is 6.39. The van der Waals surface area contributed by atoms with Crippen molar-refractivity contribution in [3.05, 3.63) is 34.3 Å². The topological polar surface area (TPSA) is 20.3 Å². The number of likely N-dealkylation sites (N-methyl/N-ethyl adjacent to an activating group) is 1. The van der Waals surface area contributed by atoms with E-state index in [9.17, 15) is 4.79 Å². The second-order valence-electron chi connectivity index (χ2n) is 5.30. The molecule has 1 atom stereocenters.